The number of hydrogen-bond acceptors (Lipinski definition) is 2. The highest BCUT2D eigenvalue weighted by Gasteiger charge is 1.97. The molecule has 8 heavy (non-hydrogen) atoms. The van der Waals surface area contributed by atoms with Gasteiger partial charge in [0.1, 0.15) is 0 Å². The lowest BCUT2D eigenvalue weighted by Gasteiger charge is -2.03. The van der Waals surface area contributed by atoms with E-state index in [9.17, 15) is 0 Å². The van der Waals surface area contributed by atoms with Crippen molar-refractivity contribution in [3.05, 3.63) is 6.61 Å². The van der Waals surface area contributed by atoms with Crippen LogP contribution >= 0.6 is 0 Å². The third kappa shape index (κ3) is 4.09. The van der Waals surface area contributed by atoms with Crippen LogP contribution in [0.3, 0.4) is 0 Å². The molecule has 2 heteroatoms. The zero-order valence-corrected chi connectivity index (χ0v) is 5.17. The Kier molecular flexibility index (Phi) is 5.01. The van der Waals surface area contributed by atoms with Crippen LogP contribution in [-0.4, -0.2) is 16.3 Å². The fourth-order valence-corrected chi connectivity index (χ4v) is 0.471. The van der Waals surface area contributed by atoms with Gasteiger partial charge in [-0.3, -0.25) is 0 Å². The minimum absolute atomic E-state index is 0.238. The van der Waals surface area contributed by atoms with E-state index in [0.717, 1.165) is 13.0 Å². The Morgan fingerprint density at radius 1 is 1.62 bits per heavy atom. The Hall–Kier alpha value is -0.0800. The van der Waals surface area contributed by atoms with Crippen LogP contribution in [0, 0.1) is 6.61 Å². The van der Waals surface area contributed by atoms with Gasteiger partial charge in [-0.15, -0.1) is 0 Å². The first kappa shape index (κ1) is 7.92. The van der Waals surface area contributed by atoms with Crippen LogP contribution in [0.15, 0.2) is 0 Å². The van der Waals surface area contributed by atoms with E-state index in [2.05, 4.69) is 0 Å². The number of hydrogen-bond donors (Lipinski definition) is 2. The molecule has 1 radical (unpaired) electrons. The van der Waals surface area contributed by atoms with Crippen LogP contribution in [0.1, 0.15) is 26.2 Å². The van der Waals surface area contributed by atoms with Crippen molar-refractivity contribution in [2.45, 2.75) is 32.3 Å². The lowest BCUT2D eigenvalue weighted by molar-refractivity contribution is 0.154. The molecule has 0 amide bonds. The van der Waals surface area contributed by atoms with Crippen molar-refractivity contribution < 1.29 is 10.2 Å². The highest BCUT2D eigenvalue weighted by molar-refractivity contribution is 4.55. The molecule has 0 fully saturated rings. The van der Waals surface area contributed by atoms with Crippen LogP contribution in [0.4, 0.5) is 0 Å². The molecule has 1 unspecified atom stereocenters. The first-order valence-corrected chi connectivity index (χ1v) is 2.95. The summed E-state index contributed by atoms with van der Waals surface area (Å²) in [6.07, 6.45) is 1.80. The predicted molar refractivity (Wildman–Crippen MR) is 31.8 cm³/mol. The third-order valence-electron chi connectivity index (χ3n) is 1.10. The summed E-state index contributed by atoms with van der Waals surface area (Å²) in [4.78, 5) is 0. The lowest BCUT2D eigenvalue weighted by Crippen LogP contribution is -2.03. The second kappa shape index (κ2) is 5.06. The van der Waals surface area contributed by atoms with Gasteiger partial charge in [0.25, 0.3) is 0 Å². The van der Waals surface area contributed by atoms with E-state index in [1.54, 1.807) is 0 Å². The van der Waals surface area contributed by atoms with Gasteiger partial charge in [0.15, 0.2) is 0 Å². The van der Waals surface area contributed by atoms with Gasteiger partial charge in [-0.1, -0.05) is 6.92 Å². The quantitative estimate of drug-likeness (QED) is 0.578. The molecule has 0 spiro atoms. The average Bonchev–Trinajstić information content (AvgIpc) is 1.83. The predicted octanol–water partition coefficient (Wildman–Crippen LogP) is 1.07. The van der Waals surface area contributed by atoms with Gasteiger partial charge in [-0.2, -0.15) is 0 Å². The Balaban J connectivity index is 2.86. The number of rotatable bonds is 4. The van der Waals surface area contributed by atoms with Gasteiger partial charge in [0.05, 0.1) is 12.7 Å². The second-order valence-electron chi connectivity index (χ2n) is 1.82. The van der Waals surface area contributed by atoms with Crippen molar-refractivity contribution in [1.29, 1.82) is 0 Å². The minimum atomic E-state index is -0.238. The van der Waals surface area contributed by atoms with Gasteiger partial charge >= 0.3 is 0 Å². The summed E-state index contributed by atoms with van der Waals surface area (Å²) >= 11 is 0. The minimum Gasteiger partial charge on any atom is -0.393 e. The van der Waals surface area contributed by atoms with E-state index >= 15 is 0 Å². The molecule has 0 aliphatic carbocycles. The first-order valence-electron chi connectivity index (χ1n) is 2.95. The summed E-state index contributed by atoms with van der Waals surface area (Å²) in [7, 11) is 0. The van der Waals surface area contributed by atoms with E-state index in [1.807, 2.05) is 6.92 Å². The highest BCUT2D eigenvalue weighted by Crippen LogP contribution is 2.00. The molecule has 0 saturated carbocycles. The summed E-state index contributed by atoms with van der Waals surface area (Å²) < 4.78 is 0. The Morgan fingerprint density at radius 3 is 2.62 bits per heavy atom. The maximum Gasteiger partial charge on any atom is 0.0800 e. The van der Waals surface area contributed by atoms with Crippen LogP contribution in [0.25, 0.3) is 0 Å². The third-order valence-corrected chi connectivity index (χ3v) is 1.10. The molecule has 0 saturated heterocycles. The molecule has 0 aliphatic rings. The number of aliphatic hydroxyl groups is 2. The second-order valence-corrected chi connectivity index (χ2v) is 1.82. The van der Waals surface area contributed by atoms with Crippen molar-refractivity contribution >= 4 is 0 Å². The Morgan fingerprint density at radius 2 is 2.25 bits per heavy atom. The molecule has 0 rings (SSSR count). The number of aliphatic hydroxyl groups excluding tert-OH is 2. The standard InChI is InChI=1S/C6H13O2/c1-2-6(8)4-3-5-7/h5-8H,2-4H2,1H3. The van der Waals surface area contributed by atoms with Gasteiger partial charge in [-0.25, -0.2) is 0 Å². The maximum absolute atomic E-state index is 8.86. The van der Waals surface area contributed by atoms with E-state index in [-0.39, 0.29) is 6.10 Å². The molecule has 2 nitrogen and oxygen atoms in total. The molecule has 0 aromatic carbocycles. The van der Waals surface area contributed by atoms with Crippen molar-refractivity contribution in [3.8, 4) is 0 Å². The smallest absolute Gasteiger partial charge is 0.0800 e. The summed E-state index contributed by atoms with van der Waals surface area (Å²) in [6, 6.07) is 0. The molecule has 0 aromatic rings. The average molecular weight is 117 g/mol. The molecular weight excluding hydrogens is 104 g/mol. The molecular formula is C6H13O2. The van der Waals surface area contributed by atoms with E-state index in [0.29, 0.717) is 12.8 Å². The molecule has 0 heterocycles. The van der Waals surface area contributed by atoms with Crippen LogP contribution in [0.5, 0.6) is 0 Å². The molecule has 0 aliphatic heterocycles. The topological polar surface area (TPSA) is 40.5 Å². The van der Waals surface area contributed by atoms with E-state index in [4.69, 9.17) is 10.2 Å². The highest BCUT2D eigenvalue weighted by atomic mass is 16.3. The van der Waals surface area contributed by atoms with Gasteiger partial charge in [0.2, 0.25) is 0 Å². The molecule has 0 bridgehead atoms. The normalized spacial score (nSPS) is 13.9. The maximum atomic E-state index is 8.86. The molecule has 1 atom stereocenters. The first-order chi connectivity index (χ1) is 3.81. The van der Waals surface area contributed by atoms with Crippen molar-refractivity contribution in [2.75, 3.05) is 0 Å². The largest absolute Gasteiger partial charge is 0.393 e. The lowest BCUT2D eigenvalue weighted by atomic mass is 10.2. The van der Waals surface area contributed by atoms with Crippen LogP contribution in [0.2, 0.25) is 0 Å². The molecule has 2 N–H and O–H groups in total. The Labute approximate surface area is 50.2 Å². The summed E-state index contributed by atoms with van der Waals surface area (Å²) in [5.41, 5.74) is 0. The summed E-state index contributed by atoms with van der Waals surface area (Å²) in [5.74, 6) is 0. The van der Waals surface area contributed by atoms with E-state index in [1.165, 1.54) is 0 Å². The van der Waals surface area contributed by atoms with Crippen molar-refractivity contribution in [1.82, 2.24) is 0 Å². The van der Waals surface area contributed by atoms with Gasteiger partial charge < -0.3 is 10.2 Å². The fraction of sp³-hybridized carbons (Fsp3) is 0.833. The van der Waals surface area contributed by atoms with Crippen molar-refractivity contribution in [3.63, 3.8) is 0 Å². The molecule has 49 valence electrons. The van der Waals surface area contributed by atoms with Crippen LogP contribution < -0.4 is 0 Å². The van der Waals surface area contributed by atoms with E-state index < -0.39 is 0 Å². The van der Waals surface area contributed by atoms with Gasteiger partial charge in [0, 0.05) is 0 Å². The summed E-state index contributed by atoms with van der Waals surface area (Å²) in [5, 5.41) is 17.0. The van der Waals surface area contributed by atoms with Crippen LogP contribution in [-0.2, 0) is 0 Å². The van der Waals surface area contributed by atoms with Crippen molar-refractivity contribution in [2.24, 2.45) is 0 Å². The zero-order valence-electron chi connectivity index (χ0n) is 5.17. The summed E-state index contributed by atoms with van der Waals surface area (Å²) in [6.45, 7) is 3.00. The zero-order chi connectivity index (χ0) is 6.41. The van der Waals surface area contributed by atoms with Gasteiger partial charge in [-0.05, 0) is 19.3 Å². The monoisotopic (exact) mass is 117 g/mol. The Bertz CT molecular complexity index is 45.8. The molecule has 0 aromatic heterocycles. The SMILES string of the molecule is CCC(O)CC[CH]O. The fourth-order valence-electron chi connectivity index (χ4n) is 0.471.